The van der Waals surface area contributed by atoms with Crippen molar-refractivity contribution in [2.75, 3.05) is 0 Å². The van der Waals surface area contributed by atoms with E-state index in [-0.39, 0.29) is 0 Å². The molecule has 0 bridgehead atoms. The first-order chi connectivity index (χ1) is 12.5. The van der Waals surface area contributed by atoms with Crippen molar-refractivity contribution in [3.63, 3.8) is 0 Å². The number of carbonyl (C=O) groups is 1. The molecule has 0 saturated heterocycles. The van der Waals surface area contributed by atoms with Crippen molar-refractivity contribution >= 4 is 29.2 Å². The number of carboxylic acid groups (broad SMARTS) is 1. The van der Waals surface area contributed by atoms with E-state index in [0.717, 1.165) is 19.3 Å². The minimum Gasteiger partial charge on any atom is -0.479 e. The molecule has 0 atom stereocenters. The number of hydrogen-bond donors (Lipinski definition) is 1. The molecule has 0 aliphatic carbocycles. The van der Waals surface area contributed by atoms with Crippen LogP contribution in [-0.4, -0.2) is 15.4 Å². The Morgan fingerprint density at radius 3 is 1.62 bits per heavy atom. The van der Waals surface area contributed by atoms with Crippen LogP contribution in [0.2, 0.25) is 0 Å². The maximum atomic E-state index is 10.8. The van der Waals surface area contributed by atoms with Gasteiger partial charge in [-0.25, -0.2) is 4.79 Å². The van der Waals surface area contributed by atoms with E-state index in [1.165, 1.54) is 69.8 Å². The predicted octanol–water partition coefficient (Wildman–Crippen LogP) is 7.56. The third-order valence-electron chi connectivity index (χ3n) is 4.86. The summed E-state index contributed by atoms with van der Waals surface area (Å²) in [4.78, 5) is 10.8. The molecule has 0 amide bonds. The zero-order chi connectivity index (χ0) is 19.1. The van der Waals surface area contributed by atoms with Crippen LogP contribution in [0.15, 0.2) is 30.3 Å². The Morgan fingerprint density at radius 2 is 1.15 bits per heavy atom. The number of rotatable bonds is 16. The van der Waals surface area contributed by atoms with Crippen molar-refractivity contribution in [2.24, 2.45) is 0 Å². The smallest absolute Gasteiger partial charge is 0.340 e. The quantitative estimate of drug-likeness (QED) is 0.229. The van der Waals surface area contributed by atoms with Gasteiger partial charge in [0.1, 0.15) is 0 Å². The topological polar surface area (TPSA) is 37.3 Å². The average Bonchev–Trinajstić information content (AvgIpc) is 2.62. The number of hydrogen-bond acceptors (Lipinski definition) is 1. The number of alkyl halides is 2. The molecular formula is C22H34Cl2O2. The van der Waals surface area contributed by atoms with E-state index in [1.807, 2.05) is 0 Å². The van der Waals surface area contributed by atoms with E-state index in [2.05, 4.69) is 30.3 Å². The fraction of sp³-hybridized carbons (Fsp3) is 0.682. The first kappa shape index (κ1) is 23.3. The first-order valence-electron chi connectivity index (χ1n) is 10.2. The summed E-state index contributed by atoms with van der Waals surface area (Å²) in [6.07, 6.45) is 16.3. The van der Waals surface area contributed by atoms with Crippen LogP contribution >= 0.6 is 23.2 Å². The molecule has 0 aromatic heterocycles. The van der Waals surface area contributed by atoms with Crippen LogP contribution in [0.1, 0.15) is 89.0 Å². The molecule has 0 unspecified atom stereocenters. The van der Waals surface area contributed by atoms with Crippen molar-refractivity contribution in [3.05, 3.63) is 35.9 Å². The van der Waals surface area contributed by atoms with Gasteiger partial charge in [0.15, 0.2) is 0 Å². The van der Waals surface area contributed by atoms with Crippen molar-refractivity contribution in [1.29, 1.82) is 0 Å². The summed E-state index contributed by atoms with van der Waals surface area (Å²) in [5.41, 5.74) is 1.46. The molecule has 1 rings (SSSR count). The van der Waals surface area contributed by atoms with Gasteiger partial charge in [-0.1, -0.05) is 118 Å². The van der Waals surface area contributed by atoms with Gasteiger partial charge in [0.05, 0.1) is 0 Å². The minimum atomic E-state index is -1.61. The average molecular weight is 401 g/mol. The Balaban J connectivity index is 1.79. The summed E-state index contributed by atoms with van der Waals surface area (Å²) < 4.78 is -1.61. The third kappa shape index (κ3) is 11.8. The van der Waals surface area contributed by atoms with Gasteiger partial charge in [-0.05, 0) is 31.2 Å². The summed E-state index contributed by atoms with van der Waals surface area (Å²) in [5, 5.41) is 8.82. The van der Waals surface area contributed by atoms with Gasteiger partial charge < -0.3 is 5.11 Å². The van der Waals surface area contributed by atoms with Crippen molar-refractivity contribution < 1.29 is 9.90 Å². The lowest BCUT2D eigenvalue weighted by atomic mass is 10.0. The van der Waals surface area contributed by atoms with E-state index in [4.69, 9.17) is 28.3 Å². The molecule has 1 aromatic carbocycles. The normalized spacial score (nSPS) is 11.6. The van der Waals surface area contributed by atoms with Gasteiger partial charge in [-0.2, -0.15) is 0 Å². The molecule has 148 valence electrons. The Morgan fingerprint density at radius 1 is 0.731 bits per heavy atom. The molecule has 1 aromatic rings. The second kappa shape index (κ2) is 14.3. The van der Waals surface area contributed by atoms with Crippen LogP contribution in [0.5, 0.6) is 0 Å². The number of benzene rings is 1. The van der Waals surface area contributed by atoms with Crippen LogP contribution in [0, 0.1) is 0 Å². The number of carboxylic acids is 1. The summed E-state index contributed by atoms with van der Waals surface area (Å²) in [7, 11) is 0. The maximum absolute atomic E-state index is 10.8. The van der Waals surface area contributed by atoms with Crippen molar-refractivity contribution in [1.82, 2.24) is 0 Å². The lowest BCUT2D eigenvalue weighted by Gasteiger charge is -2.13. The van der Waals surface area contributed by atoms with Gasteiger partial charge in [0, 0.05) is 0 Å². The number of aliphatic carboxylic acids is 1. The highest BCUT2D eigenvalue weighted by Gasteiger charge is 2.32. The van der Waals surface area contributed by atoms with Crippen LogP contribution in [0.3, 0.4) is 0 Å². The van der Waals surface area contributed by atoms with Gasteiger partial charge in [-0.3, -0.25) is 0 Å². The van der Waals surface area contributed by atoms with E-state index in [9.17, 15) is 4.79 Å². The highest BCUT2D eigenvalue weighted by atomic mass is 35.5. The third-order valence-corrected chi connectivity index (χ3v) is 5.56. The fourth-order valence-electron chi connectivity index (χ4n) is 3.20. The van der Waals surface area contributed by atoms with Gasteiger partial charge in [0.25, 0.3) is 0 Å². The molecule has 0 aliphatic heterocycles. The Bertz CT molecular complexity index is 474. The van der Waals surface area contributed by atoms with Gasteiger partial charge in [-0.15, -0.1) is 0 Å². The zero-order valence-electron chi connectivity index (χ0n) is 15.9. The van der Waals surface area contributed by atoms with Crippen molar-refractivity contribution in [2.45, 2.75) is 94.2 Å². The minimum absolute atomic E-state index is 0.329. The monoisotopic (exact) mass is 400 g/mol. The van der Waals surface area contributed by atoms with E-state index in [1.54, 1.807) is 0 Å². The SMILES string of the molecule is O=C(O)C(Cl)(Cl)CCCCCCCCCCCCCCc1ccccc1. The largest absolute Gasteiger partial charge is 0.479 e. The molecule has 0 fully saturated rings. The summed E-state index contributed by atoms with van der Waals surface area (Å²) in [5.74, 6) is -1.14. The lowest BCUT2D eigenvalue weighted by Crippen LogP contribution is -2.25. The lowest BCUT2D eigenvalue weighted by molar-refractivity contribution is -0.138. The highest BCUT2D eigenvalue weighted by molar-refractivity contribution is 6.57. The van der Waals surface area contributed by atoms with Crippen LogP contribution in [-0.2, 0) is 11.2 Å². The van der Waals surface area contributed by atoms with Gasteiger partial charge in [0.2, 0.25) is 4.33 Å². The van der Waals surface area contributed by atoms with Crippen LogP contribution < -0.4 is 0 Å². The number of aryl methyl sites for hydroxylation is 1. The molecule has 0 spiro atoms. The molecule has 1 N–H and O–H groups in total. The second-order valence-electron chi connectivity index (χ2n) is 7.24. The summed E-state index contributed by atoms with van der Waals surface area (Å²) >= 11 is 11.4. The van der Waals surface area contributed by atoms with Crippen LogP contribution in [0.25, 0.3) is 0 Å². The molecule has 0 aliphatic rings. The number of halogens is 2. The standard InChI is InChI=1S/C22H34Cl2O2/c23-22(24,21(25)26)19-15-10-8-6-4-2-1-3-5-7-9-12-16-20-17-13-11-14-18-20/h11,13-14,17-18H,1-10,12,15-16,19H2,(H,25,26). The fourth-order valence-corrected chi connectivity index (χ4v) is 3.46. The molecule has 0 saturated carbocycles. The van der Waals surface area contributed by atoms with E-state index < -0.39 is 10.3 Å². The summed E-state index contributed by atoms with van der Waals surface area (Å²) in [6.45, 7) is 0. The van der Waals surface area contributed by atoms with E-state index >= 15 is 0 Å². The highest BCUT2D eigenvalue weighted by Crippen LogP contribution is 2.28. The molecule has 4 heteroatoms. The molecule has 0 heterocycles. The predicted molar refractivity (Wildman–Crippen MR) is 112 cm³/mol. The molecular weight excluding hydrogens is 367 g/mol. The Hall–Kier alpha value is -0.730. The van der Waals surface area contributed by atoms with E-state index in [0.29, 0.717) is 6.42 Å². The van der Waals surface area contributed by atoms with Crippen LogP contribution in [0.4, 0.5) is 0 Å². The molecule has 2 nitrogen and oxygen atoms in total. The zero-order valence-corrected chi connectivity index (χ0v) is 17.4. The second-order valence-corrected chi connectivity index (χ2v) is 8.72. The Labute approximate surface area is 169 Å². The molecule has 0 radical (unpaired) electrons. The summed E-state index contributed by atoms with van der Waals surface area (Å²) in [6, 6.07) is 10.7. The first-order valence-corrected chi connectivity index (χ1v) is 10.9. The Kier molecular flexibility index (Phi) is 12.9. The van der Waals surface area contributed by atoms with Gasteiger partial charge >= 0.3 is 5.97 Å². The molecule has 26 heavy (non-hydrogen) atoms. The maximum Gasteiger partial charge on any atom is 0.340 e. The van der Waals surface area contributed by atoms with Crippen molar-refractivity contribution in [3.8, 4) is 0 Å². The number of unbranched alkanes of at least 4 members (excludes halogenated alkanes) is 11.